The molecule has 0 aliphatic carbocycles. The van der Waals surface area contributed by atoms with Crippen molar-refractivity contribution in [3.63, 3.8) is 0 Å². The van der Waals surface area contributed by atoms with Crippen LogP contribution in [0.25, 0.3) is 0 Å². The van der Waals surface area contributed by atoms with Crippen LogP contribution >= 0.6 is 24.0 Å². The van der Waals surface area contributed by atoms with Gasteiger partial charge in [0.15, 0.2) is 5.96 Å². The maximum Gasteiger partial charge on any atom is 0.209 e. The predicted octanol–water partition coefficient (Wildman–Crippen LogP) is 2.67. The summed E-state index contributed by atoms with van der Waals surface area (Å²) in [7, 11) is -3.27. The van der Waals surface area contributed by atoms with Crippen molar-refractivity contribution in [2.24, 2.45) is 4.99 Å². The van der Waals surface area contributed by atoms with Gasteiger partial charge in [0.1, 0.15) is 0 Å². The van der Waals surface area contributed by atoms with Crippen molar-refractivity contribution in [2.75, 3.05) is 32.4 Å². The van der Waals surface area contributed by atoms with Gasteiger partial charge in [-0.15, -0.1) is 24.0 Å². The molecule has 1 aromatic carbocycles. The lowest BCUT2D eigenvalue weighted by atomic mass is 10.1. The zero-order valence-corrected chi connectivity index (χ0v) is 21.8. The summed E-state index contributed by atoms with van der Waals surface area (Å²) in [5.74, 6) is 0.674. The van der Waals surface area contributed by atoms with Gasteiger partial charge in [0.25, 0.3) is 0 Å². The van der Waals surface area contributed by atoms with Crippen molar-refractivity contribution in [3.8, 4) is 0 Å². The summed E-state index contributed by atoms with van der Waals surface area (Å²) in [6.07, 6.45) is 5.15. The number of halogens is 1. The Morgan fingerprint density at radius 2 is 1.67 bits per heavy atom. The minimum Gasteiger partial charge on any atom is -0.357 e. The molecule has 1 aliphatic rings. The Morgan fingerprint density at radius 1 is 1.07 bits per heavy atom. The normalized spacial score (nSPS) is 16.1. The molecule has 0 unspecified atom stereocenters. The molecule has 3 N–H and O–H groups in total. The molecular formula is C21H38IN5O2S. The molecule has 1 aliphatic heterocycles. The van der Waals surface area contributed by atoms with Crippen LogP contribution in [0.4, 0.5) is 0 Å². The highest BCUT2D eigenvalue weighted by molar-refractivity contribution is 14.0. The van der Waals surface area contributed by atoms with Gasteiger partial charge in [-0.1, -0.05) is 30.7 Å². The molecule has 7 nitrogen and oxygen atoms in total. The van der Waals surface area contributed by atoms with Crippen molar-refractivity contribution in [3.05, 3.63) is 35.4 Å². The average molecular weight is 552 g/mol. The van der Waals surface area contributed by atoms with E-state index >= 15 is 0 Å². The highest BCUT2D eigenvalue weighted by atomic mass is 127. The van der Waals surface area contributed by atoms with Crippen LogP contribution < -0.4 is 15.4 Å². The number of benzene rings is 1. The molecule has 2 rings (SSSR count). The molecule has 30 heavy (non-hydrogen) atoms. The SMILES string of the molecule is CCNC(=NCc1ccc(CN2CCCCC2)cc1)NCC(C)(C)NS(C)(=O)=O.I. The van der Waals surface area contributed by atoms with Gasteiger partial charge in [0, 0.05) is 25.2 Å². The Morgan fingerprint density at radius 3 is 2.23 bits per heavy atom. The molecule has 0 radical (unpaired) electrons. The molecule has 0 aromatic heterocycles. The Hall–Kier alpha value is -0.910. The van der Waals surface area contributed by atoms with Crippen molar-refractivity contribution in [2.45, 2.75) is 58.7 Å². The molecule has 1 heterocycles. The second-order valence-electron chi connectivity index (χ2n) is 8.46. The van der Waals surface area contributed by atoms with Gasteiger partial charge in [0.05, 0.1) is 12.8 Å². The van der Waals surface area contributed by atoms with Gasteiger partial charge in [-0.3, -0.25) is 4.90 Å². The molecule has 172 valence electrons. The van der Waals surface area contributed by atoms with E-state index in [1.54, 1.807) is 0 Å². The fourth-order valence-corrected chi connectivity index (χ4v) is 4.56. The monoisotopic (exact) mass is 551 g/mol. The smallest absolute Gasteiger partial charge is 0.209 e. The van der Waals surface area contributed by atoms with E-state index in [1.165, 1.54) is 44.2 Å². The molecule has 1 aromatic rings. The first kappa shape index (κ1) is 27.1. The van der Waals surface area contributed by atoms with Crippen molar-refractivity contribution in [1.82, 2.24) is 20.3 Å². The number of nitrogens with zero attached hydrogens (tertiary/aromatic N) is 2. The number of hydrogen-bond donors (Lipinski definition) is 3. The van der Waals surface area contributed by atoms with E-state index in [0.717, 1.165) is 18.7 Å². The number of hydrogen-bond acceptors (Lipinski definition) is 4. The number of aliphatic imine (C=N–C) groups is 1. The third-order valence-electron chi connectivity index (χ3n) is 4.80. The minimum absolute atomic E-state index is 0. The summed E-state index contributed by atoms with van der Waals surface area (Å²) in [6.45, 7) is 10.9. The van der Waals surface area contributed by atoms with Gasteiger partial charge in [-0.2, -0.15) is 0 Å². The minimum atomic E-state index is -3.27. The van der Waals surface area contributed by atoms with Crippen LogP contribution in [0.1, 0.15) is 51.2 Å². The Kier molecular flexibility index (Phi) is 11.6. The highest BCUT2D eigenvalue weighted by Crippen LogP contribution is 2.14. The Bertz CT molecular complexity index is 760. The van der Waals surface area contributed by atoms with Gasteiger partial charge in [-0.05, 0) is 57.8 Å². The van der Waals surface area contributed by atoms with E-state index in [2.05, 4.69) is 49.5 Å². The maximum atomic E-state index is 11.5. The molecular weight excluding hydrogens is 513 g/mol. The summed E-state index contributed by atoms with van der Waals surface area (Å²) in [4.78, 5) is 7.16. The molecule has 1 fully saturated rings. The van der Waals surface area contributed by atoms with Crippen molar-refractivity contribution >= 4 is 40.0 Å². The van der Waals surface area contributed by atoms with E-state index in [-0.39, 0.29) is 24.0 Å². The van der Waals surface area contributed by atoms with Crippen LogP contribution in [-0.4, -0.2) is 57.3 Å². The van der Waals surface area contributed by atoms with Gasteiger partial charge in [-0.25, -0.2) is 18.1 Å². The molecule has 1 saturated heterocycles. The average Bonchev–Trinajstić information content (AvgIpc) is 2.64. The molecule has 0 bridgehead atoms. The summed E-state index contributed by atoms with van der Waals surface area (Å²) in [5.41, 5.74) is 1.89. The maximum absolute atomic E-state index is 11.5. The van der Waals surface area contributed by atoms with Crippen LogP contribution in [0.3, 0.4) is 0 Å². The van der Waals surface area contributed by atoms with Crippen molar-refractivity contribution < 1.29 is 8.42 Å². The first-order chi connectivity index (χ1) is 13.7. The second kappa shape index (κ2) is 12.8. The second-order valence-corrected chi connectivity index (χ2v) is 10.2. The van der Waals surface area contributed by atoms with E-state index in [4.69, 9.17) is 0 Å². The molecule has 0 atom stereocenters. The van der Waals surface area contributed by atoms with E-state index in [9.17, 15) is 8.42 Å². The number of piperidine rings is 1. The zero-order chi connectivity index (χ0) is 21.3. The summed E-state index contributed by atoms with van der Waals surface area (Å²) in [5, 5.41) is 6.43. The van der Waals surface area contributed by atoms with Crippen LogP contribution in [-0.2, 0) is 23.1 Å². The van der Waals surface area contributed by atoms with Crippen molar-refractivity contribution in [1.29, 1.82) is 0 Å². The van der Waals surface area contributed by atoms with Gasteiger partial charge in [0.2, 0.25) is 10.0 Å². The first-order valence-electron chi connectivity index (χ1n) is 10.5. The quantitative estimate of drug-likeness (QED) is 0.250. The Labute approximate surface area is 199 Å². The third-order valence-corrected chi connectivity index (χ3v) is 5.72. The number of likely N-dealkylation sites (tertiary alicyclic amines) is 1. The van der Waals surface area contributed by atoms with E-state index < -0.39 is 15.6 Å². The Balaban J connectivity index is 0.00000450. The van der Waals surface area contributed by atoms with Crippen LogP contribution in [0.5, 0.6) is 0 Å². The number of guanidine groups is 1. The molecule has 0 saturated carbocycles. The topological polar surface area (TPSA) is 85.8 Å². The summed E-state index contributed by atoms with van der Waals surface area (Å²) < 4.78 is 25.6. The largest absolute Gasteiger partial charge is 0.357 e. The first-order valence-corrected chi connectivity index (χ1v) is 12.4. The van der Waals surface area contributed by atoms with Gasteiger partial charge < -0.3 is 10.6 Å². The zero-order valence-electron chi connectivity index (χ0n) is 18.7. The van der Waals surface area contributed by atoms with E-state index in [0.29, 0.717) is 19.0 Å². The summed E-state index contributed by atoms with van der Waals surface area (Å²) >= 11 is 0. The molecule has 9 heteroatoms. The lowest BCUT2D eigenvalue weighted by Gasteiger charge is -2.26. The van der Waals surface area contributed by atoms with Crippen LogP contribution in [0.15, 0.2) is 29.3 Å². The lowest BCUT2D eigenvalue weighted by Crippen LogP contribution is -2.53. The lowest BCUT2D eigenvalue weighted by molar-refractivity contribution is 0.221. The molecule has 0 amide bonds. The number of rotatable bonds is 9. The van der Waals surface area contributed by atoms with Crippen LogP contribution in [0.2, 0.25) is 0 Å². The highest BCUT2D eigenvalue weighted by Gasteiger charge is 2.22. The molecule has 0 spiro atoms. The number of nitrogens with one attached hydrogen (secondary N) is 3. The summed E-state index contributed by atoms with van der Waals surface area (Å²) in [6, 6.07) is 8.67. The van der Waals surface area contributed by atoms with Gasteiger partial charge >= 0.3 is 0 Å². The standard InChI is InChI=1S/C21H37N5O2S.HI/c1-5-22-20(24-17-21(2,3)25-29(4,27)28)23-15-18-9-11-19(12-10-18)16-26-13-7-6-8-14-26;/h9-12,25H,5-8,13-17H2,1-4H3,(H2,22,23,24);1H. The van der Waals surface area contributed by atoms with E-state index in [1.807, 2.05) is 20.8 Å². The van der Waals surface area contributed by atoms with Crippen LogP contribution in [0, 0.1) is 0 Å². The fraction of sp³-hybridized carbons (Fsp3) is 0.667. The fourth-order valence-electron chi connectivity index (χ4n) is 3.48. The predicted molar refractivity (Wildman–Crippen MR) is 136 cm³/mol. The number of sulfonamides is 1. The third kappa shape index (κ3) is 10.9.